The van der Waals surface area contributed by atoms with Crippen molar-refractivity contribution in [3.63, 3.8) is 0 Å². The second-order valence-corrected chi connectivity index (χ2v) is 7.48. The molecule has 0 aliphatic carbocycles. The van der Waals surface area contributed by atoms with Crippen LogP contribution in [0.4, 0.5) is 11.5 Å². The van der Waals surface area contributed by atoms with Crippen LogP contribution in [0.5, 0.6) is 5.75 Å². The first-order chi connectivity index (χ1) is 11.3. The molecule has 126 valence electrons. The number of carbonyl (C=O) groups is 1. The van der Waals surface area contributed by atoms with Gasteiger partial charge in [0.25, 0.3) is 5.91 Å². The third kappa shape index (κ3) is 3.33. The molecule has 0 saturated heterocycles. The summed E-state index contributed by atoms with van der Waals surface area (Å²) in [6.45, 7) is 1.80. The zero-order valence-electron chi connectivity index (χ0n) is 13.3. The summed E-state index contributed by atoms with van der Waals surface area (Å²) in [7, 11) is -3.53. The zero-order valence-corrected chi connectivity index (χ0v) is 14.1. The number of nitrogens with zero attached hydrogens (tertiary/aromatic N) is 2. The van der Waals surface area contributed by atoms with Gasteiger partial charge in [-0.2, -0.15) is 0 Å². The first-order valence-corrected chi connectivity index (χ1v) is 9.16. The number of nitrogens with one attached hydrogen (secondary N) is 1. The monoisotopic (exact) mass is 347 g/mol. The smallest absolute Gasteiger partial charge is 0.268 e. The molecule has 1 N–H and O–H groups in total. The summed E-state index contributed by atoms with van der Waals surface area (Å²) >= 11 is 0. The minimum absolute atomic E-state index is 0.0898. The van der Waals surface area contributed by atoms with Crippen molar-refractivity contribution in [2.75, 3.05) is 22.4 Å². The summed E-state index contributed by atoms with van der Waals surface area (Å²) in [6, 6.07) is 10.3. The van der Waals surface area contributed by atoms with Crippen molar-refractivity contribution in [2.24, 2.45) is 0 Å². The van der Waals surface area contributed by atoms with Crippen molar-refractivity contribution >= 4 is 27.4 Å². The number of hydrogen-bond donors (Lipinski definition) is 1. The fraction of sp³-hybridized carbons (Fsp3) is 0.250. The van der Waals surface area contributed by atoms with Crippen LogP contribution in [0.3, 0.4) is 0 Å². The van der Waals surface area contributed by atoms with Crippen LogP contribution in [0, 0.1) is 6.92 Å². The number of aromatic nitrogens is 1. The summed E-state index contributed by atoms with van der Waals surface area (Å²) in [5.74, 6) is 0.302. The highest BCUT2D eigenvalue weighted by Gasteiger charge is 2.34. The Hall–Kier alpha value is -2.61. The molecule has 0 saturated carbocycles. The first-order valence-electron chi connectivity index (χ1n) is 7.31. The molecule has 1 aliphatic heterocycles. The topological polar surface area (TPSA) is 88.6 Å². The number of ether oxygens (including phenoxy) is 1. The van der Waals surface area contributed by atoms with E-state index in [4.69, 9.17) is 4.74 Å². The van der Waals surface area contributed by atoms with Crippen LogP contribution in [0.25, 0.3) is 0 Å². The fourth-order valence-corrected chi connectivity index (χ4v) is 3.38. The summed E-state index contributed by atoms with van der Waals surface area (Å²) in [4.78, 5) is 16.5. The molecule has 0 radical (unpaired) electrons. The van der Waals surface area contributed by atoms with Gasteiger partial charge in [0.05, 0.1) is 18.5 Å². The predicted molar refractivity (Wildman–Crippen MR) is 90.7 cm³/mol. The highest BCUT2D eigenvalue weighted by atomic mass is 32.2. The maximum atomic E-state index is 12.5. The number of anilines is 2. The molecule has 0 bridgehead atoms. The van der Waals surface area contributed by atoms with E-state index in [1.807, 2.05) is 13.0 Å². The SMILES string of the molecule is Cc1ccnc(NC(=O)C2CN(S(C)(=O)=O)c3ccccc3O2)c1. The number of rotatable bonds is 3. The van der Waals surface area contributed by atoms with E-state index in [0.29, 0.717) is 17.3 Å². The third-order valence-corrected chi connectivity index (χ3v) is 4.74. The van der Waals surface area contributed by atoms with Gasteiger partial charge in [-0.15, -0.1) is 0 Å². The normalized spacial score (nSPS) is 16.9. The van der Waals surface area contributed by atoms with Crippen LogP contribution in [-0.4, -0.2) is 38.2 Å². The van der Waals surface area contributed by atoms with Gasteiger partial charge in [-0.1, -0.05) is 12.1 Å². The van der Waals surface area contributed by atoms with E-state index in [0.717, 1.165) is 11.8 Å². The van der Waals surface area contributed by atoms with E-state index in [9.17, 15) is 13.2 Å². The number of hydrogen-bond acceptors (Lipinski definition) is 5. The number of pyridine rings is 1. The Kier molecular flexibility index (Phi) is 4.15. The lowest BCUT2D eigenvalue weighted by Crippen LogP contribution is -2.48. The molecule has 7 nitrogen and oxygen atoms in total. The zero-order chi connectivity index (χ0) is 17.3. The number of fused-ring (bicyclic) bond motifs is 1. The summed E-state index contributed by atoms with van der Waals surface area (Å²) in [5.41, 5.74) is 1.38. The maximum absolute atomic E-state index is 12.5. The van der Waals surface area contributed by atoms with Gasteiger partial charge in [0.15, 0.2) is 6.10 Å². The second kappa shape index (κ2) is 6.12. The Morgan fingerprint density at radius 1 is 1.33 bits per heavy atom. The number of amides is 1. The van der Waals surface area contributed by atoms with Crippen molar-refractivity contribution in [3.8, 4) is 5.75 Å². The van der Waals surface area contributed by atoms with E-state index in [1.54, 1.807) is 36.5 Å². The summed E-state index contributed by atoms with van der Waals surface area (Å²) < 4.78 is 30.9. The molecule has 1 unspecified atom stereocenters. The number of carbonyl (C=O) groups excluding carboxylic acids is 1. The van der Waals surface area contributed by atoms with E-state index in [2.05, 4.69) is 10.3 Å². The summed E-state index contributed by atoms with van der Waals surface area (Å²) in [5, 5.41) is 2.66. The standard InChI is InChI=1S/C16H17N3O4S/c1-11-7-8-17-15(9-11)18-16(20)14-10-19(24(2,21)22)12-5-3-4-6-13(12)23-14/h3-9,14H,10H2,1-2H3,(H,17,18,20). The minimum atomic E-state index is -3.53. The number of para-hydroxylation sites is 2. The second-order valence-electron chi connectivity index (χ2n) is 5.58. The molecule has 1 amide bonds. The molecule has 1 aromatic heterocycles. The number of aryl methyl sites for hydroxylation is 1. The van der Waals surface area contributed by atoms with Crippen molar-refractivity contribution < 1.29 is 17.9 Å². The molecule has 3 rings (SSSR count). The van der Waals surface area contributed by atoms with E-state index in [-0.39, 0.29) is 6.54 Å². The number of benzene rings is 1. The van der Waals surface area contributed by atoms with Crippen LogP contribution in [0.15, 0.2) is 42.6 Å². The van der Waals surface area contributed by atoms with E-state index < -0.39 is 22.0 Å². The number of sulfonamides is 1. The Morgan fingerprint density at radius 2 is 2.08 bits per heavy atom. The van der Waals surface area contributed by atoms with Crippen LogP contribution >= 0.6 is 0 Å². The quantitative estimate of drug-likeness (QED) is 0.910. The van der Waals surface area contributed by atoms with Crippen molar-refractivity contribution in [1.29, 1.82) is 0 Å². The molecule has 0 fully saturated rings. The minimum Gasteiger partial charge on any atom is -0.476 e. The molecular formula is C16H17N3O4S. The molecule has 1 aromatic carbocycles. The highest BCUT2D eigenvalue weighted by Crippen LogP contribution is 2.34. The lowest BCUT2D eigenvalue weighted by Gasteiger charge is -2.33. The van der Waals surface area contributed by atoms with Gasteiger partial charge in [0.2, 0.25) is 10.0 Å². The van der Waals surface area contributed by atoms with Crippen molar-refractivity contribution in [3.05, 3.63) is 48.2 Å². The van der Waals surface area contributed by atoms with Crippen LogP contribution < -0.4 is 14.4 Å². The lowest BCUT2D eigenvalue weighted by atomic mass is 10.2. The largest absolute Gasteiger partial charge is 0.476 e. The molecule has 8 heteroatoms. The average Bonchev–Trinajstić information content (AvgIpc) is 2.53. The maximum Gasteiger partial charge on any atom is 0.268 e. The van der Waals surface area contributed by atoms with E-state index >= 15 is 0 Å². The fourth-order valence-electron chi connectivity index (χ4n) is 2.46. The highest BCUT2D eigenvalue weighted by molar-refractivity contribution is 7.92. The molecule has 1 atom stereocenters. The predicted octanol–water partition coefficient (Wildman–Crippen LogP) is 1.56. The van der Waals surface area contributed by atoms with Crippen molar-refractivity contribution in [1.82, 2.24) is 4.98 Å². The Balaban J connectivity index is 1.86. The van der Waals surface area contributed by atoms with Gasteiger partial charge in [0.1, 0.15) is 11.6 Å². The summed E-state index contributed by atoms with van der Waals surface area (Å²) in [6.07, 6.45) is 1.73. The third-order valence-electron chi connectivity index (χ3n) is 3.59. The van der Waals surface area contributed by atoms with E-state index in [1.165, 1.54) is 4.31 Å². The van der Waals surface area contributed by atoms with Gasteiger partial charge in [-0.05, 0) is 36.8 Å². The van der Waals surface area contributed by atoms with Gasteiger partial charge in [-0.25, -0.2) is 13.4 Å². The van der Waals surface area contributed by atoms with Crippen LogP contribution in [-0.2, 0) is 14.8 Å². The molecule has 24 heavy (non-hydrogen) atoms. The van der Waals surface area contributed by atoms with Crippen molar-refractivity contribution in [2.45, 2.75) is 13.0 Å². The molecule has 2 aromatic rings. The molecule has 1 aliphatic rings. The van der Waals surface area contributed by atoms with Gasteiger partial charge in [-0.3, -0.25) is 9.10 Å². The van der Waals surface area contributed by atoms with Gasteiger partial charge < -0.3 is 10.1 Å². The molecular weight excluding hydrogens is 330 g/mol. The molecule has 0 spiro atoms. The first kappa shape index (κ1) is 16.3. The Bertz CT molecular complexity index is 882. The average molecular weight is 347 g/mol. The van der Waals surface area contributed by atoms with Gasteiger partial charge >= 0.3 is 0 Å². The Labute approximate surface area is 140 Å². The lowest BCUT2D eigenvalue weighted by molar-refractivity contribution is -0.122. The Morgan fingerprint density at radius 3 is 2.79 bits per heavy atom. The molecule has 2 heterocycles. The van der Waals surface area contributed by atoms with Crippen LogP contribution in [0.2, 0.25) is 0 Å². The van der Waals surface area contributed by atoms with Crippen LogP contribution in [0.1, 0.15) is 5.56 Å². The van der Waals surface area contributed by atoms with Gasteiger partial charge in [0, 0.05) is 6.20 Å².